The molecule has 0 radical (unpaired) electrons. The predicted octanol–water partition coefficient (Wildman–Crippen LogP) is 3.13. The monoisotopic (exact) mass is 396 g/mol. The van der Waals surface area contributed by atoms with Crippen molar-refractivity contribution in [2.75, 3.05) is 25.0 Å². The minimum Gasteiger partial charge on any atom is -0.383 e. The van der Waals surface area contributed by atoms with E-state index in [1.807, 2.05) is 19.1 Å². The summed E-state index contributed by atoms with van der Waals surface area (Å²) in [6, 6.07) is 9.59. The van der Waals surface area contributed by atoms with E-state index in [0.29, 0.717) is 18.8 Å². The van der Waals surface area contributed by atoms with Crippen LogP contribution in [0.15, 0.2) is 41.3 Å². The molecular formula is C18H21ClN2O4S. The number of anilines is 1. The zero-order chi connectivity index (χ0) is 19.3. The minimum atomic E-state index is -3.95. The molecule has 1 amide bonds. The molecule has 0 atom stereocenters. The first-order chi connectivity index (χ1) is 12.2. The number of rotatable bonds is 7. The van der Waals surface area contributed by atoms with Crippen molar-refractivity contribution in [3.05, 3.63) is 58.1 Å². The highest BCUT2D eigenvalue weighted by Crippen LogP contribution is 2.26. The molecule has 0 bridgehead atoms. The molecule has 2 aromatic carbocycles. The number of sulfonamides is 1. The van der Waals surface area contributed by atoms with Crippen molar-refractivity contribution < 1.29 is 17.9 Å². The van der Waals surface area contributed by atoms with E-state index in [2.05, 4.69) is 10.0 Å². The fraction of sp³-hybridized carbons (Fsp3) is 0.278. The summed E-state index contributed by atoms with van der Waals surface area (Å²) in [6.07, 6.45) is 0. The van der Waals surface area contributed by atoms with Crippen LogP contribution in [0.1, 0.15) is 21.5 Å². The number of ether oxygens (including phenoxy) is 1. The second-order valence-electron chi connectivity index (χ2n) is 5.82. The molecular weight excluding hydrogens is 376 g/mol. The number of hydrogen-bond donors (Lipinski definition) is 2. The fourth-order valence-corrected chi connectivity index (χ4v) is 3.91. The third kappa shape index (κ3) is 4.97. The van der Waals surface area contributed by atoms with Crippen LogP contribution in [0.5, 0.6) is 0 Å². The van der Waals surface area contributed by atoms with E-state index in [1.54, 1.807) is 13.0 Å². The molecule has 0 aliphatic rings. The molecule has 0 aliphatic carbocycles. The van der Waals surface area contributed by atoms with Crippen LogP contribution in [0.4, 0.5) is 5.69 Å². The lowest BCUT2D eigenvalue weighted by Gasteiger charge is -2.13. The zero-order valence-corrected chi connectivity index (χ0v) is 16.4. The van der Waals surface area contributed by atoms with Gasteiger partial charge in [0.15, 0.2) is 0 Å². The Bertz CT molecular complexity index is 913. The van der Waals surface area contributed by atoms with E-state index in [1.165, 1.54) is 25.3 Å². The van der Waals surface area contributed by atoms with Gasteiger partial charge in [-0.25, -0.2) is 8.42 Å². The van der Waals surface area contributed by atoms with E-state index in [-0.39, 0.29) is 15.5 Å². The van der Waals surface area contributed by atoms with Gasteiger partial charge < -0.3 is 10.1 Å². The first-order valence-electron chi connectivity index (χ1n) is 7.91. The van der Waals surface area contributed by atoms with Gasteiger partial charge in [-0.1, -0.05) is 23.7 Å². The van der Waals surface area contributed by atoms with Crippen LogP contribution in [-0.4, -0.2) is 34.6 Å². The molecule has 2 rings (SSSR count). The Hall–Kier alpha value is -2.09. The molecule has 0 saturated carbocycles. The molecule has 2 N–H and O–H groups in total. The largest absolute Gasteiger partial charge is 0.383 e. The van der Waals surface area contributed by atoms with Gasteiger partial charge in [0.05, 0.1) is 17.3 Å². The lowest BCUT2D eigenvalue weighted by molar-refractivity contribution is 0.0937. The molecule has 0 unspecified atom stereocenters. The van der Waals surface area contributed by atoms with Crippen molar-refractivity contribution in [1.29, 1.82) is 0 Å². The zero-order valence-electron chi connectivity index (χ0n) is 14.8. The molecule has 8 heteroatoms. The van der Waals surface area contributed by atoms with Crippen molar-refractivity contribution >= 4 is 33.2 Å². The van der Waals surface area contributed by atoms with Crippen molar-refractivity contribution in [2.24, 2.45) is 0 Å². The van der Waals surface area contributed by atoms with Crippen LogP contribution >= 0.6 is 11.6 Å². The SMILES string of the molecule is COCCNC(=O)c1ccc(Cl)c(S(=O)(=O)Nc2cc(C)ccc2C)c1. The maximum Gasteiger partial charge on any atom is 0.263 e. The highest BCUT2D eigenvalue weighted by atomic mass is 35.5. The Labute approximate surface area is 158 Å². The van der Waals surface area contributed by atoms with Gasteiger partial charge >= 0.3 is 0 Å². The van der Waals surface area contributed by atoms with Gasteiger partial charge in [-0.3, -0.25) is 9.52 Å². The molecule has 0 aromatic heterocycles. The topological polar surface area (TPSA) is 84.5 Å². The summed E-state index contributed by atoms with van der Waals surface area (Å²) in [6.45, 7) is 4.35. The lowest BCUT2D eigenvalue weighted by atomic mass is 10.1. The van der Waals surface area contributed by atoms with Gasteiger partial charge in [-0.2, -0.15) is 0 Å². The van der Waals surface area contributed by atoms with Crippen LogP contribution in [-0.2, 0) is 14.8 Å². The average Bonchev–Trinajstić information content (AvgIpc) is 2.58. The summed E-state index contributed by atoms with van der Waals surface area (Å²) in [5.74, 6) is -0.401. The van der Waals surface area contributed by atoms with Gasteiger partial charge in [-0.05, 0) is 49.2 Å². The number of carbonyl (C=O) groups excluding carboxylic acids is 1. The molecule has 2 aromatic rings. The number of carbonyl (C=O) groups is 1. The Morgan fingerprint density at radius 3 is 2.58 bits per heavy atom. The Kier molecular flexibility index (Phi) is 6.63. The van der Waals surface area contributed by atoms with E-state index >= 15 is 0 Å². The van der Waals surface area contributed by atoms with Gasteiger partial charge in [0.25, 0.3) is 15.9 Å². The maximum absolute atomic E-state index is 12.8. The Morgan fingerprint density at radius 1 is 1.15 bits per heavy atom. The van der Waals surface area contributed by atoms with Crippen molar-refractivity contribution in [1.82, 2.24) is 5.32 Å². The highest BCUT2D eigenvalue weighted by Gasteiger charge is 2.21. The molecule has 6 nitrogen and oxygen atoms in total. The summed E-state index contributed by atoms with van der Waals surface area (Å²) in [5.41, 5.74) is 2.37. The number of halogens is 1. The van der Waals surface area contributed by atoms with E-state index in [4.69, 9.17) is 16.3 Å². The quantitative estimate of drug-likeness (QED) is 0.704. The van der Waals surface area contributed by atoms with Crippen molar-refractivity contribution in [2.45, 2.75) is 18.7 Å². The number of aryl methyl sites for hydroxylation is 2. The molecule has 26 heavy (non-hydrogen) atoms. The van der Waals surface area contributed by atoms with Crippen LogP contribution < -0.4 is 10.0 Å². The molecule has 0 saturated heterocycles. The first kappa shape index (κ1) is 20.2. The van der Waals surface area contributed by atoms with Gasteiger partial charge in [0.1, 0.15) is 4.90 Å². The average molecular weight is 397 g/mol. The van der Waals surface area contributed by atoms with E-state index in [0.717, 1.165) is 11.1 Å². The number of hydrogen-bond acceptors (Lipinski definition) is 4. The first-order valence-corrected chi connectivity index (χ1v) is 9.77. The van der Waals surface area contributed by atoms with Gasteiger partial charge in [0, 0.05) is 19.2 Å². The summed E-state index contributed by atoms with van der Waals surface area (Å²) in [4.78, 5) is 12.0. The van der Waals surface area contributed by atoms with Gasteiger partial charge in [0.2, 0.25) is 0 Å². The van der Waals surface area contributed by atoms with Crippen molar-refractivity contribution in [3.8, 4) is 0 Å². The number of nitrogens with one attached hydrogen (secondary N) is 2. The molecule has 0 fully saturated rings. The summed E-state index contributed by atoms with van der Waals surface area (Å²) >= 11 is 6.08. The fourth-order valence-electron chi connectivity index (χ4n) is 2.26. The molecule has 0 spiro atoms. The summed E-state index contributed by atoms with van der Waals surface area (Å²) in [7, 11) is -2.43. The summed E-state index contributed by atoms with van der Waals surface area (Å²) < 4.78 is 33.0. The van der Waals surface area contributed by atoms with Crippen LogP contribution in [0.25, 0.3) is 0 Å². The predicted molar refractivity (Wildman–Crippen MR) is 102 cm³/mol. The summed E-state index contributed by atoms with van der Waals surface area (Å²) in [5, 5.41) is 2.68. The van der Waals surface area contributed by atoms with E-state index < -0.39 is 15.9 Å². The highest BCUT2D eigenvalue weighted by molar-refractivity contribution is 7.92. The second-order valence-corrected chi connectivity index (χ2v) is 7.88. The molecule has 140 valence electrons. The number of amides is 1. The number of benzene rings is 2. The second kappa shape index (κ2) is 8.53. The normalized spacial score (nSPS) is 11.2. The van der Waals surface area contributed by atoms with Crippen molar-refractivity contribution in [3.63, 3.8) is 0 Å². The Morgan fingerprint density at radius 2 is 1.88 bits per heavy atom. The van der Waals surface area contributed by atoms with E-state index in [9.17, 15) is 13.2 Å². The van der Waals surface area contributed by atoms with Crippen LogP contribution in [0.3, 0.4) is 0 Å². The minimum absolute atomic E-state index is 0.0382. The molecule has 0 aliphatic heterocycles. The Balaban J connectivity index is 2.32. The van der Waals surface area contributed by atoms with Crippen LogP contribution in [0.2, 0.25) is 5.02 Å². The lowest BCUT2D eigenvalue weighted by Crippen LogP contribution is -2.27. The van der Waals surface area contributed by atoms with Crippen LogP contribution in [0, 0.1) is 13.8 Å². The molecule has 0 heterocycles. The number of methoxy groups -OCH3 is 1. The standard InChI is InChI=1S/C18H21ClN2O4S/c1-12-4-5-13(2)16(10-12)21-26(23,24)17-11-14(6-7-15(17)19)18(22)20-8-9-25-3/h4-7,10-11,21H,8-9H2,1-3H3,(H,20,22). The third-order valence-corrected chi connectivity index (χ3v) is 5.56. The third-order valence-electron chi connectivity index (χ3n) is 3.71. The maximum atomic E-state index is 12.8. The van der Waals surface area contributed by atoms with Gasteiger partial charge in [-0.15, -0.1) is 0 Å². The smallest absolute Gasteiger partial charge is 0.263 e.